The van der Waals surface area contributed by atoms with Crippen molar-refractivity contribution in [1.82, 2.24) is 5.43 Å². The van der Waals surface area contributed by atoms with Crippen LogP contribution in [0.25, 0.3) is 0 Å². The van der Waals surface area contributed by atoms with Crippen molar-refractivity contribution in [2.75, 3.05) is 7.11 Å². The van der Waals surface area contributed by atoms with Crippen LogP contribution >= 0.6 is 0 Å². The van der Waals surface area contributed by atoms with Crippen LogP contribution in [0.2, 0.25) is 0 Å². The Balaban J connectivity index is 2.45. The van der Waals surface area contributed by atoms with Crippen molar-refractivity contribution in [2.24, 2.45) is 5.84 Å². The van der Waals surface area contributed by atoms with Crippen molar-refractivity contribution in [3.05, 3.63) is 0 Å². The molecule has 0 amide bonds. The maximum absolute atomic E-state index is 5.57. The first kappa shape index (κ1) is 11.5. The minimum Gasteiger partial charge on any atom is -0.377 e. The Morgan fingerprint density at radius 1 is 1.57 bits per heavy atom. The predicted octanol–water partition coefficient (Wildman–Crippen LogP) is 1.19. The molecule has 3 N–H and O–H groups in total. The fourth-order valence-corrected chi connectivity index (χ4v) is 2.06. The minimum atomic E-state index is -0.0236. The van der Waals surface area contributed by atoms with Gasteiger partial charge < -0.3 is 4.74 Å². The van der Waals surface area contributed by atoms with E-state index in [1.807, 2.05) is 6.92 Å². The molecule has 1 aliphatic carbocycles. The van der Waals surface area contributed by atoms with Gasteiger partial charge in [0.25, 0.3) is 0 Å². The van der Waals surface area contributed by atoms with Gasteiger partial charge in [0.1, 0.15) is 0 Å². The zero-order valence-corrected chi connectivity index (χ0v) is 9.10. The number of rotatable bonds is 5. The maximum Gasteiger partial charge on any atom is 0.0844 e. The highest BCUT2D eigenvalue weighted by Gasteiger charge is 2.43. The molecular formula is C11H20N2O. The van der Waals surface area contributed by atoms with Gasteiger partial charge in [-0.05, 0) is 32.6 Å². The van der Waals surface area contributed by atoms with Crippen molar-refractivity contribution in [1.29, 1.82) is 0 Å². The summed E-state index contributed by atoms with van der Waals surface area (Å²) < 4.78 is 5.57. The van der Waals surface area contributed by atoms with Gasteiger partial charge in [0.15, 0.2) is 0 Å². The zero-order chi connectivity index (χ0) is 10.4. The third-order valence-corrected chi connectivity index (χ3v) is 3.18. The first-order valence-electron chi connectivity index (χ1n) is 5.20. The van der Waals surface area contributed by atoms with Crippen molar-refractivity contribution >= 4 is 0 Å². The van der Waals surface area contributed by atoms with Gasteiger partial charge in [-0.25, -0.2) is 0 Å². The molecule has 80 valence electrons. The molecule has 1 rings (SSSR count). The molecule has 1 fully saturated rings. The van der Waals surface area contributed by atoms with Gasteiger partial charge in [0.2, 0.25) is 0 Å². The lowest BCUT2D eigenvalue weighted by molar-refractivity contribution is -0.0997. The standard InChI is InChI=1S/C11H20N2O/c1-3-4-5-7-10(13-12)11(14-2)8-6-9-11/h10,13H,5-9,12H2,1-2H3. The Bertz CT molecular complexity index is 220. The van der Waals surface area contributed by atoms with Crippen LogP contribution < -0.4 is 11.3 Å². The fraction of sp³-hybridized carbons (Fsp3) is 0.818. The molecule has 1 unspecified atom stereocenters. The van der Waals surface area contributed by atoms with Crippen LogP contribution in [0.5, 0.6) is 0 Å². The number of ether oxygens (including phenoxy) is 1. The SMILES string of the molecule is CC#CCCC(NN)C1(OC)CCC1. The molecule has 0 aromatic carbocycles. The molecule has 1 atom stereocenters. The van der Waals surface area contributed by atoms with Crippen molar-refractivity contribution in [3.63, 3.8) is 0 Å². The lowest BCUT2D eigenvalue weighted by atomic mass is 9.73. The lowest BCUT2D eigenvalue weighted by Crippen LogP contribution is -2.58. The molecule has 3 nitrogen and oxygen atoms in total. The van der Waals surface area contributed by atoms with Crippen LogP contribution in [-0.2, 0) is 4.74 Å². The Morgan fingerprint density at radius 3 is 2.64 bits per heavy atom. The van der Waals surface area contributed by atoms with E-state index >= 15 is 0 Å². The molecule has 0 saturated heterocycles. The quantitative estimate of drug-likeness (QED) is 0.394. The summed E-state index contributed by atoms with van der Waals surface area (Å²) in [6, 6.07) is 0.238. The van der Waals surface area contributed by atoms with Crippen LogP contribution in [0.4, 0.5) is 0 Å². The van der Waals surface area contributed by atoms with E-state index < -0.39 is 0 Å². The molecule has 1 aliphatic rings. The van der Waals surface area contributed by atoms with Gasteiger partial charge in [-0.3, -0.25) is 11.3 Å². The number of nitrogens with two attached hydrogens (primary N) is 1. The van der Waals surface area contributed by atoms with Gasteiger partial charge in [-0.1, -0.05) is 0 Å². The van der Waals surface area contributed by atoms with Gasteiger partial charge in [-0.2, -0.15) is 0 Å². The second-order valence-corrected chi connectivity index (χ2v) is 3.81. The predicted molar refractivity (Wildman–Crippen MR) is 57.4 cm³/mol. The maximum atomic E-state index is 5.57. The van der Waals surface area contributed by atoms with Crippen LogP contribution in [0.15, 0.2) is 0 Å². The molecule has 0 heterocycles. The number of nitrogens with one attached hydrogen (secondary N) is 1. The van der Waals surface area contributed by atoms with E-state index in [0.29, 0.717) is 0 Å². The summed E-state index contributed by atoms with van der Waals surface area (Å²) >= 11 is 0. The minimum absolute atomic E-state index is 0.0236. The summed E-state index contributed by atoms with van der Waals surface area (Å²) in [5.41, 5.74) is 2.84. The van der Waals surface area contributed by atoms with Crippen LogP contribution in [0.3, 0.4) is 0 Å². The summed E-state index contributed by atoms with van der Waals surface area (Å²) in [7, 11) is 1.77. The molecule has 0 bridgehead atoms. The van der Waals surface area contributed by atoms with Crippen LogP contribution in [-0.4, -0.2) is 18.8 Å². The van der Waals surface area contributed by atoms with Gasteiger partial charge in [-0.15, -0.1) is 11.8 Å². The molecule has 0 aliphatic heterocycles. The molecule has 3 heteroatoms. The first-order chi connectivity index (χ1) is 6.79. The van der Waals surface area contributed by atoms with E-state index in [1.165, 1.54) is 6.42 Å². The van der Waals surface area contributed by atoms with E-state index in [1.54, 1.807) is 7.11 Å². The summed E-state index contributed by atoms with van der Waals surface area (Å²) in [5, 5.41) is 0. The third-order valence-electron chi connectivity index (χ3n) is 3.18. The van der Waals surface area contributed by atoms with E-state index in [2.05, 4.69) is 17.3 Å². The molecule has 0 radical (unpaired) electrons. The summed E-state index contributed by atoms with van der Waals surface area (Å²) in [5.74, 6) is 11.5. The number of hydrogen-bond acceptors (Lipinski definition) is 3. The lowest BCUT2D eigenvalue weighted by Gasteiger charge is -2.46. The molecule has 0 aromatic heterocycles. The fourth-order valence-electron chi connectivity index (χ4n) is 2.06. The first-order valence-corrected chi connectivity index (χ1v) is 5.20. The summed E-state index contributed by atoms with van der Waals surface area (Å²) in [6.45, 7) is 1.86. The monoisotopic (exact) mass is 196 g/mol. The van der Waals surface area contributed by atoms with Crippen LogP contribution in [0.1, 0.15) is 39.0 Å². The Hall–Kier alpha value is -0.560. The summed E-state index contributed by atoms with van der Waals surface area (Å²) in [4.78, 5) is 0. The number of hydrogen-bond donors (Lipinski definition) is 2. The van der Waals surface area contributed by atoms with Gasteiger partial charge in [0, 0.05) is 13.5 Å². The van der Waals surface area contributed by atoms with Crippen molar-refractivity contribution in [2.45, 2.75) is 50.7 Å². The number of methoxy groups -OCH3 is 1. The highest BCUT2D eigenvalue weighted by Crippen LogP contribution is 2.39. The average molecular weight is 196 g/mol. The van der Waals surface area contributed by atoms with E-state index in [0.717, 1.165) is 25.7 Å². The molecule has 14 heavy (non-hydrogen) atoms. The van der Waals surface area contributed by atoms with Crippen molar-refractivity contribution in [3.8, 4) is 11.8 Å². The number of hydrazine groups is 1. The summed E-state index contributed by atoms with van der Waals surface area (Å²) in [6.07, 6.45) is 5.31. The Labute approximate surface area is 86.4 Å². The second-order valence-electron chi connectivity index (χ2n) is 3.81. The van der Waals surface area contributed by atoms with E-state index in [-0.39, 0.29) is 11.6 Å². The second kappa shape index (κ2) is 5.35. The average Bonchev–Trinajstić information content (AvgIpc) is 2.14. The Morgan fingerprint density at radius 2 is 2.29 bits per heavy atom. The smallest absolute Gasteiger partial charge is 0.0844 e. The topological polar surface area (TPSA) is 47.3 Å². The normalized spacial score (nSPS) is 20.5. The van der Waals surface area contributed by atoms with Crippen LogP contribution in [0, 0.1) is 11.8 Å². The zero-order valence-electron chi connectivity index (χ0n) is 9.10. The van der Waals surface area contributed by atoms with E-state index in [9.17, 15) is 0 Å². The highest BCUT2D eigenvalue weighted by molar-refractivity contribution is 5.02. The largest absolute Gasteiger partial charge is 0.377 e. The Kier molecular flexibility index (Phi) is 4.40. The van der Waals surface area contributed by atoms with Gasteiger partial charge >= 0.3 is 0 Å². The third kappa shape index (κ3) is 2.27. The molecule has 0 spiro atoms. The highest BCUT2D eigenvalue weighted by atomic mass is 16.5. The molecule has 1 saturated carbocycles. The molecular weight excluding hydrogens is 176 g/mol. The molecule has 0 aromatic rings. The van der Waals surface area contributed by atoms with Crippen molar-refractivity contribution < 1.29 is 4.74 Å². The van der Waals surface area contributed by atoms with Gasteiger partial charge in [0.05, 0.1) is 11.6 Å². The van der Waals surface area contributed by atoms with E-state index in [4.69, 9.17) is 10.6 Å².